The first-order valence-corrected chi connectivity index (χ1v) is 4.56. The molecule has 12 heavy (non-hydrogen) atoms. The van der Waals surface area contributed by atoms with Crippen LogP contribution in [0.15, 0.2) is 23.7 Å². The normalized spacial score (nSPS) is 9.25. The molecule has 0 aliphatic carbocycles. The zero-order valence-corrected chi connectivity index (χ0v) is 8.06. The van der Waals surface area contributed by atoms with Gasteiger partial charge in [0.2, 0.25) is 0 Å². The summed E-state index contributed by atoms with van der Waals surface area (Å²) in [5.74, 6) is 0. The van der Waals surface area contributed by atoms with Gasteiger partial charge in [0.05, 0.1) is 15.2 Å². The van der Waals surface area contributed by atoms with E-state index in [-0.39, 0.29) is 0 Å². The van der Waals surface area contributed by atoms with Crippen molar-refractivity contribution in [3.05, 3.63) is 28.7 Å². The van der Waals surface area contributed by atoms with Crippen molar-refractivity contribution in [1.29, 1.82) is 0 Å². The Morgan fingerprint density at radius 1 is 1.42 bits per heavy atom. The molecule has 2 heterocycles. The number of aliphatic hydroxyl groups is 1. The van der Waals surface area contributed by atoms with Crippen LogP contribution in [0, 0.1) is 0 Å². The third-order valence-electron chi connectivity index (χ3n) is 1.30. The average Bonchev–Trinajstić information content (AvgIpc) is 2.57. The van der Waals surface area contributed by atoms with Gasteiger partial charge in [0.1, 0.15) is 0 Å². The number of aliphatic hydroxyl groups excluding tert-OH is 1. The largest absolute Gasteiger partial charge is 0.400 e. The summed E-state index contributed by atoms with van der Waals surface area (Å²) >= 11 is 7.49. The molecule has 0 saturated heterocycles. The van der Waals surface area contributed by atoms with E-state index < -0.39 is 0 Å². The number of fused-ring (bicyclic) bond motifs is 1. The van der Waals surface area contributed by atoms with Gasteiger partial charge in [0, 0.05) is 13.3 Å². The first-order valence-electron chi connectivity index (χ1n) is 3.30. The Morgan fingerprint density at radius 2 is 2.17 bits per heavy atom. The van der Waals surface area contributed by atoms with Crippen molar-refractivity contribution < 1.29 is 5.11 Å². The lowest BCUT2D eigenvalue weighted by molar-refractivity contribution is 0.399. The molecule has 2 nitrogen and oxygen atoms in total. The second-order valence-corrected chi connectivity index (χ2v) is 3.25. The number of hydrogen-bond donors (Lipinski definition) is 1. The molecule has 0 fully saturated rings. The molecule has 0 radical (unpaired) electrons. The van der Waals surface area contributed by atoms with E-state index in [0.29, 0.717) is 0 Å². The summed E-state index contributed by atoms with van der Waals surface area (Å²) in [6.45, 7) is 0. The van der Waals surface area contributed by atoms with Crippen molar-refractivity contribution in [2.45, 2.75) is 0 Å². The van der Waals surface area contributed by atoms with Crippen LogP contribution in [0.4, 0.5) is 0 Å². The summed E-state index contributed by atoms with van der Waals surface area (Å²) in [4.78, 5) is 4.13. The molecule has 0 aliphatic rings. The number of aromatic nitrogens is 1. The van der Waals surface area contributed by atoms with Crippen LogP contribution in [0.1, 0.15) is 0 Å². The van der Waals surface area contributed by atoms with Gasteiger partial charge >= 0.3 is 0 Å². The molecular formula is C8H8ClNOS. The van der Waals surface area contributed by atoms with Gasteiger partial charge in [-0.1, -0.05) is 11.6 Å². The van der Waals surface area contributed by atoms with E-state index in [2.05, 4.69) is 4.98 Å². The monoisotopic (exact) mass is 201 g/mol. The molecule has 0 saturated carbocycles. The highest BCUT2D eigenvalue weighted by molar-refractivity contribution is 7.17. The third-order valence-corrected chi connectivity index (χ3v) is 2.66. The first-order chi connectivity index (χ1) is 5.88. The fraction of sp³-hybridized carbons (Fsp3) is 0.125. The minimum Gasteiger partial charge on any atom is -0.400 e. The summed E-state index contributed by atoms with van der Waals surface area (Å²) in [6, 6.07) is 3.77. The molecule has 0 aromatic carbocycles. The summed E-state index contributed by atoms with van der Waals surface area (Å²) in [5, 5.41) is 9.78. The Hall–Kier alpha value is -0.640. The van der Waals surface area contributed by atoms with Crippen molar-refractivity contribution in [2.24, 2.45) is 0 Å². The Balaban J connectivity index is 0.000000336. The van der Waals surface area contributed by atoms with Crippen molar-refractivity contribution in [1.82, 2.24) is 4.98 Å². The maximum absolute atomic E-state index is 7.00. The maximum Gasteiger partial charge on any atom is 0.0824 e. The van der Waals surface area contributed by atoms with Gasteiger partial charge < -0.3 is 5.11 Å². The molecule has 0 amide bonds. The van der Waals surface area contributed by atoms with Gasteiger partial charge in [-0.05, 0) is 17.5 Å². The van der Waals surface area contributed by atoms with E-state index in [4.69, 9.17) is 16.7 Å². The SMILES string of the molecule is CO.Clc1ccnc2ccsc12. The molecule has 0 unspecified atom stereocenters. The number of hydrogen-bond acceptors (Lipinski definition) is 3. The first kappa shape index (κ1) is 9.45. The van der Waals surface area contributed by atoms with Crippen molar-refractivity contribution in [2.75, 3.05) is 7.11 Å². The van der Waals surface area contributed by atoms with Crippen molar-refractivity contribution in [3.63, 3.8) is 0 Å². The third kappa shape index (κ3) is 1.75. The van der Waals surface area contributed by atoms with Crippen LogP contribution in [0.2, 0.25) is 5.02 Å². The van der Waals surface area contributed by atoms with Gasteiger partial charge in [-0.2, -0.15) is 0 Å². The topological polar surface area (TPSA) is 33.1 Å². The highest BCUT2D eigenvalue weighted by Crippen LogP contribution is 2.25. The summed E-state index contributed by atoms with van der Waals surface area (Å²) in [7, 11) is 1.00. The molecule has 0 spiro atoms. The number of nitrogens with zero attached hydrogens (tertiary/aromatic N) is 1. The average molecular weight is 202 g/mol. The van der Waals surface area contributed by atoms with Gasteiger partial charge in [-0.25, -0.2) is 0 Å². The van der Waals surface area contributed by atoms with Crippen LogP contribution in [0.25, 0.3) is 10.2 Å². The van der Waals surface area contributed by atoms with Gasteiger partial charge in [-0.15, -0.1) is 11.3 Å². The zero-order valence-electron chi connectivity index (χ0n) is 6.49. The number of rotatable bonds is 0. The maximum atomic E-state index is 7.00. The lowest BCUT2D eigenvalue weighted by Gasteiger charge is -1.88. The van der Waals surface area contributed by atoms with E-state index >= 15 is 0 Å². The smallest absolute Gasteiger partial charge is 0.0824 e. The van der Waals surface area contributed by atoms with Crippen LogP contribution >= 0.6 is 22.9 Å². The van der Waals surface area contributed by atoms with E-state index in [9.17, 15) is 0 Å². The van der Waals surface area contributed by atoms with E-state index in [1.807, 2.05) is 11.4 Å². The van der Waals surface area contributed by atoms with Crippen LogP contribution in [-0.2, 0) is 0 Å². The van der Waals surface area contributed by atoms with Crippen LogP contribution in [0.3, 0.4) is 0 Å². The Labute approximate surface area is 79.4 Å². The molecule has 0 atom stereocenters. The minimum atomic E-state index is 0.792. The molecule has 0 aliphatic heterocycles. The quantitative estimate of drug-likeness (QED) is 0.711. The summed E-state index contributed by atoms with van der Waals surface area (Å²) in [5.41, 5.74) is 0.984. The fourth-order valence-corrected chi connectivity index (χ4v) is 1.88. The van der Waals surface area contributed by atoms with E-state index in [0.717, 1.165) is 22.3 Å². The zero-order chi connectivity index (χ0) is 8.97. The molecule has 2 aromatic rings. The lowest BCUT2D eigenvalue weighted by atomic mass is 10.4. The van der Waals surface area contributed by atoms with Crippen LogP contribution in [0.5, 0.6) is 0 Å². The second-order valence-electron chi connectivity index (χ2n) is 1.93. The van der Waals surface area contributed by atoms with Gasteiger partial charge in [0.25, 0.3) is 0 Å². The Bertz CT molecular complexity index is 361. The number of halogens is 1. The molecule has 4 heteroatoms. The van der Waals surface area contributed by atoms with E-state index in [1.54, 1.807) is 23.6 Å². The Kier molecular flexibility index (Phi) is 3.47. The van der Waals surface area contributed by atoms with Crippen LogP contribution in [-0.4, -0.2) is 17.2 Å². The van der Waals surface area contributed by atoms with Crippen molar-refractivity contribution >= 4 is 33.2 Å². The highest BCUT2D eigenvalue weighted by Gasteiger charge is 1.98. The summed E-state index contributed by atoms with van der Waals surface area (Å²) in [6.07, 6.45) is 1.72. The molecule has 2 aromatic heterocycles. The lowest BCUT2D eigenvalue weighted by Crippen LogP contribution is -1.69. The Morgan fingerprint density at radius 3 is 2.83 bits per heavy atom. The fourth-order valence-electron chi connectivity index (χ4n) is 0.842. The molecule has 64 valence electrons. The standard InChI is InChI=1S/C7H4ClNS.CH4O/c8-5-1-3-9-6-2-4-10-7(5)6;1-2/h1-4H;2H,1H3. The molecular weight excluding hydrogens is 194 g/mol. The number of thiophene rings is 1. The van der Waals surface area contributed by atoms with Gasteiger partial charge in [0.15, 0.2) is 0 Å². The second kappa shape index (κ2) is 4.40. The number of pyridine rings is 1. The molecule has 1 N–H and O–H groups in total. The minimum absolute atomic E-state index is 0.792. The highest BCUT2D eigenvalue weighted by atomic mass is 35.5. The summed E-state index contributed by atoms with van der Waals surface area (Å²) < 4.78 is 1.07. The predicted octanol–water partition coefficient (Wildman–Crippen LogP) is 2.56. The van der Waals surface area contributed by atoms with Crippen LogP contribution < -0.4 is 0 Å². The van der Waals surface area contributed by atoms with E-state index in [1.165, 1.54) is 0 Å². The molecule has 0 bridgehead atoms. The van der Waals surface area contributed by atoms with Crippen molar-refractivity contribution in [3.8, 4) is 0 Å². The predicted molar refractivity (Wildman–Crippen MR) is 52.8 cm³/mol. The molecule has 2 rings (SSSR count). The van der Waals surface area contributed by atoms with Gasteiger partial charge in [-0.3, -0.25) is 4.98 Å².